The minimum atomic E-state index is -3.63. The molecular weight excluding hydrogens is 252 g/mol. The predicted molar refractivity (Wildman–Crippen MR) is 66.9 cm³/mol. The maximum atomic E-state index is 11.9. The number of sulfonamides is 1. The average molecular weight is 264 g/mol. The van der Waals surface area contributed by atoms with Gasteiger partial charge in [0, 0.05) is 6.20 Å². The van der Waals surface area contributed by atoms with E-state index in [0.29, 0.717) is 11.4 Å². The summed E-state index contributed by atoms with van der Waals surface area (Å²) in [6.07, 6.45) is 2.90. The molecule has 2 heterocycles. The van der Waals surface area contributed by atoms with Gasteiger partial charge in [0.1, 0.15) is 0 Å². The molecule has 0 aliphatic heterocycles. The van der Waals surface area contributed by atoms with Gasteiger partial charge in [-0.25, -0.2) is 18.1 Å². The third-order valence-corrected chi connectivity index (χ3v) is 3.52. The Bertz CT molecular complexity index is 611. The van der Waals surface area contributed by atoms with Crippen LogP contribution in [0.2, 0.25) is 0 Å². The van der Waals surface area contributed by atoms with E-state index >= 15 is 0 Å². The number of rotatable bonds is 4. The first-order chi connectivity index (χ1) is 8.58. The largest absolute Gasteiger partial charge is 0.397 e. The van der Waals surface area contributed by atoms with Gasteiger partial charge in [-0.15, -0.1) is 0 Å². The molecular formula is C11H12N4O2S. The fourth-order valence-electron chi connectivity index (χ4n) is 1.30. The Morgan fingerprint density at radius 3 is 2.61 bits per heavy atom. The zero-order chi connectivity index (χ0) is 13.0. The summed E-state index contributed by atoms with van der Waals surface area (Å²) in [7, 11) is -3.63. The monoisotopic (exact) mass is 264 g/mol. The number of nitrogen functional groups attached to an aromatic ring is 1. The van der Waals surface area contributed by atoms with Gasteiger partial charge in [-0.05, 0) is 24.3 Å². The van der Waals surface area contributed by atoms with Gasteiger partial charge in [0.25, 0.3) is 10.0 Å². The van der Waals surface area contributed by atoms with Gasteiger partial charge in [-0.3, -0.25) is 4.98 Å². The van der Waals surface area contributed by atoms with E-state index in [1.807, 2.05) is 0 Å². The second-order valence-corrected chi connectivity index (χ2v) is 5.29. The minimum absolute atomic E-state index is 0.0624. The van der Waals surface area contributed by atoms with Crippen molar-refractivity contribution in [3.05, 3.63) is 48.4 Å². The molecule has 3 N–H and O–H groups in total. The highest BCUT2D eigenvalue weighted by Gasteiger charge is 2.14. The van der Waals surface area contributed by atoms with Gasteiger partial charge < -0.3 is 5.73 Å². The van der Waals surface area contributed by atoms with Crippen molar-refractivity contribution < 1.29 is 8.42 Å². The molecule has 0 amide bonds. The molecule has 0 aliphatic carbocycles. The van der Waals surface area contributed by atoms with E-state index in [-0.39, 0.29) is 11.6 Å². The second-order valence-electron chi connectivity index (χ2n) is 3.58. The molecule has 94 valence electrons. The highest BCUT2D eigenvalue weighted by molar-refractivity contribution is 7.89. The van der Waals surface area contributed by atoms with Crippen molar-refractivity contribution in [3.63, 3.8) is 0 Å². The number of nitrogens with one attached hydrogen (secondary N) is 1. The van der Waals surface area contributed by atoms with Crippen molar-refractivity contribution >= 4 is 15.7 Å². The van der Waals surface area contributed by atoms with E-state index in [9.17, 15) is 8.42 Å². The molecule has 0 fully saturated rings. The minimum Gasteiger partial charge on any atom is -0.397 e. The molecule has 0 saturated carbocycles. The Morgan fingerprint density at radius 1 is 1.17 bits per heavy atom. The first-order valence-corrected chi connectivity index (χ1v) is 6.67. The highest BCUT2D eigenvalue weighted by Crippen LogP contribution is 2.07. The number of aromatic nitrogens is 2. The summed E-state index contributed by atoms with van der Waals surface area (Å²) in [4.78, 5) is 7.79. The second kappa shape index (κ2) is 5.11. The summed E-state index contributed by atoms with van der Waals surface area (Å²) in [5, 5.41) is -0.0624. The number of hydrogen-bond acceptors (Lipinski definition) is 5. The molecule has 2 aromatic heterocycles. The number of nitrogens with zero attached hydrogens (tertiary/aromatic N) is 2. The fourth-order valence-corrected chi connectivity index (χ4v) is 2.22. The maximum Gasteiger partial charge on any atom is 0.258 e. The lowest BCUT2D eigenvalue weighted by molar-refractivity contribution is 0.576. The maximum absolute atomic E-state index is 11.9. The Kier molecular flexibility index (Phi) is 3.54. The summed E-state index contributed by atoms with van der Waals surface area (Å²) in [5.74, 6) is 0. The van der Waals surface area contributed by atoms with Gasteiger partial charge in [0.2, 0.25) is 0 Å². The molecule has 0 saturated heterocycles. The van der Waals surface area contributed by atoms with Crippen LogP contribution >= 0.6 is 0 Å². The number of anilines is 1. The average Bonchev–Trinajstić information content (AvgIpc) is 2.38. The van der Waals surface area contributed by atoms with Crippen LogP contribution in [0.15, 0.2) is 47.8 Å². The van der Waals surface area contributed by atoms with Crippen molar-refractivity contribution in [2.75, 3.05) is 5.73 Å². The van der Waals surface area contributed by atoms with Crippen molar-refractivity contribution in [1.82, 2.24) is 14.7 Å². The zero-order valence-electron chi connectivity index (χ0n) is 9.45. The molecule has 0 unspecified atom stereocenters. The van der Waals surface area contributed by atoms with Crippen molar-refractivity contribution in [3.8, 4) is 0 Å². The van der Waals surface area contributed by atoms with Crippen LogP contribution in [0.1, 0.15) is 5.69 Å². The van der Waals surface area contributed by atoms with E-state index < -0.39 is 10.0 Å². The quantitative estimate of drug-likeness (QED) is 0.839. The molecule has 6 nitrogen and oxygen atoms in total. The molecule has 2 rings (SSSR count). The molecule has 7 heteroatoms. The Labute approximate surface area is 105 Å². The van der Waals surface area contributed by atoms with E-state index in [4.69, 9.17) is 5.73 Å². The van der Waals surface area contributed by atoms with Gasteiger partial charge >= 0.3 is 0 Å². The van der Waals surface area contributed by atoms with E-state index in [2.05, 4.69) is 14.7 Å². The lowest BCUT2D eigenvalue weighted by Gasteiger charge is -2.05. The third-order valence-electron chi connectivity index (χ3n) is 2.20. The van der Waals surface area contributed by atoms with Crippen LogP contribution < -0.4 is 10.5 Å². The molecule has 0 spiro atoms. The predicted octanol–water partition coefficient (Wildman–Crippen LogP) is 0.537. The summed E-state index contributed by atoms with van der Waals surface area (Å²) < 4.78 is 26.2. The molecule has 18 heavy (non-hydrogen) atoms. The SMILES string of the molecule is Nc1ccc(S(=O)(=O)NCc2ccccn2)nc1. The number of hydrogen-bond donors (Lipinski definition) is 2. The van der Waals surface area contributed by atoms with Crippen LogP contribution in [0.3, 0.4) is 0 Å². The van der Waals surface area contributed by atoms with Crippen molar-refractivity contribution in [2.24, 2.45) is 0 Å². The normalized spacial score (nSPS) is 11.3. The first-order valence-electron chi connectivity index (χ1n) is 5.19. The molecule has 0 aromatic carbocycles. The van der Waals surface area contributed by atoms with Crippen LogP contribution in [0.4, 0.5) is 5.69 Å². The van der Waals surface area contributed by atoms with Gasteiger partial charge in [0.15, 0.2) is 5.03 Å². The Hall–Kier alpha value is -1.99. The van der Waals surface area contributed by atoms with Gasteiger partial charge in [0.05, 0.1) is 24.1 Å². The topological polar surface area (TPSA) is 98.0 Å². The van der Waals surface area contributed by atoms with Gasteiger partial charge in [-0.1, -0.05) is 6.07 Å². The summed E-state index contributed by atoms with van der Waals surface area (Å²) in [6.45, 7) is 0.120. The third kappa shape index (κ3) is 3.02. The summed E-state index contributed by atoms with van der Waals surface area (Å²) in [6, 6.07) is 8.13. The van der Waals surface area contributed by atoms with Crippen LogP contribution in [0.25, 0.3) is 0 Å². The van der Waals surface area contributed by atoms with E-state index in [1.54, 1.807) is 24.4 Å². The Balaban J connectivity index is 2.11. The van der Waals surface area contributed by atoms with Crippen LogP contribution in [-0.2, 0) is 16.6 Å². The van der Waals surface area contributed by atoms with E-state index in [1.165, 1.54) is 18.3 Å². The molecule has 0 atom stereocenters. The van der Waals surface area contributed by atoms with Crippen LogP contribution in [-0.4, -0.2) is 18.4 Å². The van der Waals surface area contributed by atoms with Gasteiger partial charge in [-0.2, -0.15) is 0 Å². The zero-order valence-corrected chi connectivity index (χ0v) is 10.3. The van der Waals surface area contributed by atoms with Crippen molar-refractivity contribution in [2.45, 2.75) is 11.6 Å². The summed E-state index contributed by atoms with van der Waals surface area (Å²) in [5.41, 5.74) is 6.50. The smallest absolute Gasteiger partial charge is 0.258 e. The molecule has 2 aromatic rings. The summed E-state index contributed by atoms with van der Waals surface area (Å²) >= 11 is 0. The van der Waals surface area contributed by atoms with Crippen LogP contribution in [0, 0.1) is 0 Å². The lowest BCUT2D eigenvalue weighted by atomic mass is 10.4. The molecule has 0 aliphatic rings. The van der Waals surface area contributed by atoms with Crippen LogP contribution in [0.5, 0.6) is 0 Å². The number of pyridine rings is 2. The first kappa shape index (κ1) is 12.5. The number of nitrogens with two attached hydrogens (primary N) is 1. The van der Waals surface area contributed by atoms with E-state index in [0.717, 1.165) is 0 Å². The van der Waals surface area contributed by atoms with Crippen molar-refractivity contribution in [1.29, 1.82) is 0 Å². The lowest BCUT2D eigenvalue weighted by Crippen LogP contribution is -2.24. The fraction of sp³-hybridized carbons (Fsp3) is 0.0909. The molecule has 0 radical (unpaired) electrons. The Morgan fingerprint density at radius 2 is 2.00 bits per heavy atom. The highest BCUT2D eigenvalue weighted by atomic mass is 32.2. The standard InChI is InChI=1S/C11H12N4O2S/c12-9-4-5-11(14-7-9)18(16,17)15-8-10-3-1-2-6-13-10/h1-7,15H,8,12H2. The molecule has 0 bridgehead atoms.